The van der Waals surface area contributed by atoms with Crippen molar-refractivity contribution in [2.45, 2.75) is 19.4 Å². The van der Waals surface area contributed by atoms with E-state index in [2.05, 4.69) is 5.32 Å². The van der Waals surface area contributed by atoms with Gasteiger partial charge in [0.1, 0.15) is 5.75 Å². The molecule has 1 heterocycles. The molecule has 7 heteroatoms. The maximum atomic E-state index is 12.2. The number of amides is 1. The Kier molecular flexibility index (Phi) is 5.42. The second-order valence-corrected chi connectivity index (χ2v) is 7.51. The topological polar surface area (TPSA) is 75.7 Å². The predicted molar refractivity (Wildman–Crippen MR) is 84.0 cm³/mol. The molecule has 1 aliphatic heterocycles. The Balaban J connectivity index is 1.88. The number of benzene rings is 1. The number of piperidine rings is 1. The van der Waals surface area contributed by atoms with Crippen molar-refractivity contribution < 1.29 is 17.9 Å². The molecule has 1 amide bonds. The first kappa shape index (κ1) is 16.8. The van der Waals surface area contributed by atoms with Gasteiger partial charge in [-0.05, 0) is 30.5 Å². The summed E-state index contributed by atoms with van der Waals surface area (Å²) in [6.07, 6.45) is 2.62. The molecule has 1 aliphatic rings. The minimum atomic E-state index is -3.23. The Bertz CT molecular complexity index is 613. The van der Waals surface area contributed by atoms with Crippen LogP contribution in [-0.2, 0) is 21.4 Å². The first-order valence-corrected chi connectivity index (χ1v) is 9.11. The van der Waals surface area contributed by atoms with E-state index in [1.54, 1.807) is 7.11 Å². The van der Waals surface area contributed by atoms with Gasteiger partial charge in [-0.15, -0.1) is 0 Å². The molecule has 1 aromatic rings. The maximum Gasteiger partial charge on any atom is 0.224 e. The lowest BCUT2D eigenvalue weighted by Gasteiger charge is -2.30. The molecular weight excluding hydrogens is 304 g/mol. The molecular formula is C15H22N2O4S. The highest BCUT2D eigenvalue weighted by Crippen LogP contribution is 2.19. The van der Waals surface area contributed by atoms with Crippen LogP contribution in [0.25, 0.3) is 0 Å². The lowest BCUT2D eigenvalue weighted by atomic mass is 9.99. The Hall–Kier alpha value is -1.60. The van der Waals surface area contributed by atoms with Gasteiger partial charge in [0.15, 0.2) is 0 Å². The van der Waals surface area contributed by atoms with Gasteiger partial charge in [0.05, 0.1) is 19.3 Å². The van der Waals surface area contributed by atoms with Crippen LogP contribution in [0.4, 0.5) is 0 Å². The van der Waals surface area contributed by atoms with Gasteiger partial charge in [-0.3, -0.25) is 4.79 Å². The minimum Gasteiger partial charge on any atom is -0.497 e. The second-order valence-electron chi connectivity index (χ2n) is 5.53. The zero-order chi connectivity index (χ0) is 16.2. The monoisotopic (exact) mass is 326 g/mol. The molecule has 1 unspecified atom stereocenters. The van der Waals surface area contributed by atoms with Crippen LogP contribution >= 0.6 is 0 Å². The van der Waals surface area contributed by atoms with E-state index in [0.717, 1.165) is 17.7 Å². The molecule has 22 heavy (non-hydrogen) atoms. The number of sulfonamides is 1. The number of hydrogen-bond donors (Lipinski definition) is 1. The van der Waals surface area contributed by atoms with Crippen LogP contribution in [0, 0.1) is 5.92 Å². The standard InChI is InChI=1S/C15H22N2O4S/c1-21-14-7-5-12(6-8-14)10-16-15(18)13-4-3-9-17(11-13)22(2,19)20/h5-8,13H,3-4,9-11H2,1-2H3,(H,16,18). The lowest BCUT2D eigenvalue weighted by molar-refractivity contribution is -0.126. The number of rotatable bonds is 5. The van der Waals surface area contributed by atoms with Gasteiger partial charge in [0, 0.05) is 19.6 Å². The van der Waals surface area contributed by atoms with Gasteiger partial charge in [-0.25, -0.2) is 12.7 Å². The molecule has 0 aliphatic carbocycles. The van der Waals surface area contributed by atoms with Crippen LogP contribution in [-0.4, -0.2) is 45.1 Å². The molecule has 2 rings (SSSR count). The number of hydrogen-bond acceptors (Lipinski definition) is 4. The van der Waals surface area contributed by atoms with E-state index in [9.17, 15) is 13.2 Å². The number of methoxy groups -OCH3 is 1. The Morgan fingerprint density at radius 1 is 1.36 bits per heavy atom. The van der Waals surface area contributed by atoms with Crippen molar-refractivity contribution in [2.24, 2.45) is 5.92 Å². The number of ether oxygens (including phenoxy) is 1. The van der Waals surface area contributed by atoms with Gasteiger partial charge >= 0.3 is 0 Å². The Labute approximate surface area is 131 Å². The molecule has 0 aromatic heterocycles. The SMILES string of the molecule is COc1ccc(CNC(=O)C2CCCN(S(C)(=O)=O)C2)cc1. The zero-order valence-corrected chi connectivity index (χ0v) is 13.7. The van der Waals surface area contributed by atoms with Crippen LogP contribution in [0.5, 0.6) is 5.75 Å². The van der Waals surface area contributed by atoms with E-state index in [0.29, 0.717) is 19.5 Å². The van der Waals surface area contributed by atoms with Crippen molar-refractivity contribution >= 4 is 15.9 Å². The third-order valence-electron chi connectivity index (χ3n) is 3.85. The van der Waals surface area contributed by atoms with Gasteiger partial charge < -0.3 is 10.1 Å². The van der Waals surface area contributed by atoms with Crippen LogP contribution in [0.1, 0.15) is 18.4 Å². The largest absolute Gasteiger partial charge is 0.497 e. The molecule has 1 N–H and O–H groups in total. The molecule has 1 fully saturated rings. The van der Waals surface area contributed by atoms with E-state index in [-0.39, 0.29) is 18.4 Å². The molecule has 1 atom stereocenters. The van der Waals surface area contributed by atoms with Crippen molar-refractivity contribution in [3.05, 3.63) is 29.8 Å². The van der Waals surface area contributed by atoms with E-state index in [1.807, 2.05) is 24.3 Å². The Morgan fingerprint density at radius 3 is 2.64 bits per heavy atom. The summed E-state index contributed by atoms with van der Waals surface area (Å²) in [6.45, 7) is 1.20. The Morgan fingerprint density at radius 2 is 2.05 bits per heavy atom. The van der Waals surface area contributed by atoms with Crippen molar-refractivity contribution in [3.63, 3.8) is 0 Å². The van der Waals surface area contributed by atoms with Gasteiger partial charge in [0.2, 0.25) is 15.9 Å². The third-order valence-corrected chi connectivity index (χ3v) is 5.12. The molecule has 0 spiro atoms. The van der Waals surface area contributed by atoms with E-state index >= 15 is 0 Å². The fraction of sp³-hybridized carbons (Fsp3) is 0.533. The fourth-order valence-electron chi connectivity index (χ4n) is 2.53. The summed E-state index contributed by atoms with van der Waals surface area (Å²) in [6, 6.07) is 7.46. The zero-order valence-electron chi connectivity index (χ0n) is 12.9. The fourth-order valence-corrected chi connectivity index (χ4v) is 3.45. The smallest absolute Gasteiger partial charge is 0.224 e. The maximum absolute atomic E-state index is 12.2. The first-order valence-electron chi connectivity index (χ1n) is 7.26. The lowest BCUT2D eigenvalue weighted by Crippen LogP contribution is -2.44. The summed E-state index contributed by atoms with van der Waals surface area (Å²) < 4.78 is 29.6. The highest BCUT2D eigenvalue weighted by Gasteiger charge is 2.29. The van der Waals surface area contributed by atoms with E-state index in [1.165, 1.54) is 10.6 Å². The van der Waals surface area contributed by atoms with Gasteiger partial charge in [0.25, 0.3) is 0 Å². The van der Waals surface area contributed by atoms with Crippen molar-refractivity contribution in [3.8, 4) is 5.75 Å². The summed E-state index contributed by atoms with van der Waals surface area (Å²) in [5.74, 6) is 0.400. The summed E-state index contributed by atoms with van der Waals surface area (Å²) >= 11 is 0. The second kappa shape index (κ2) is 7.11. The van der Waals surface area contributed by atoms with E-state index in [4.69, 9.17) is 4.74 Å². The molecule has 0 saturated carbocycles. The summed E-state index contributed by atoms with van der Waals surface area (Å²) in [7, 11) is -1.62. The predicted octanol–water partition coefficient (Wildman–Crippen LogP) is 0.983. The van der Waals surface area contributed by atoms with Crippen LogP contribution in [0.3, 0.4) is 0 Å². The van der Waals surface area contributed by atoms with Gasteiger partial charge in [-0.2, -0.15) is 0 Å². The molecule has 6 nitrogen and oxygen atoms in total. The third kappa shape index (κ3) is 4.45. The highest BCUT2D eigenvalue weighted by atomic mass is 32.2. The highest BCUT2D eigenvalue weighted by molar-refractivity contribution is 7.88. The number of carbonyl (C=O) groups excluding carboxylic acids is 1. The van der Waals surface area contributed by atoms with Crippen molar-refractivity contribution in [1.29, 1.82) is 0 Å². The van der Waals surface area contributed by atoms with Crippen LogP contribution in [0.2, 0.25) is 0 Å². The number of nitrogens with one attached hydrogen (secondary N) is 1. The molecule has 0 bridgehead atoms. The van der Waals surface area contributed by atoms with Gasteiger partial charge in [-0.1, -0.05) is 12.1 Å². The molecule has 0 radical (unpaired) electrons. The molecule has 1 aromatic carbocycles. The summed E-state index contributed by atoms with van der Waals surface area (Å²) in [5.41, 5.74) is 0.977. The summed E-state index contributed by atoms with van der Waals surface area (Å²) in [4.78, 5) is 12.2. The van der Waals surface area contributed by atoms with Crippen molar-refractivity contribution in [1.82, 2.24) is 9.62 Å². The van der Waals surface area contributed by atoms with Crippen LogP contribution in [0.15, 0.2) is 24.3 Å². The molecule has 1 saturated heterocycles. The quantitative estimate of drug-likeness (QED) is 0.875. The average molecular weight is 326 g/mol. The first-order chi connectivity index (χ1) is 10.4. The van der Waals surface area contributed by atoms with Crippen LogP contribution < -0.4 is 10.1 Å². The number of carbonyl (C=O) groups is 1. The normalized spacial score (nSPS) is 19.6. The minimum absolute atomic E-state index is 0.0934. The van der Waals surface area contributed by atoms with E-state index < -0.39 is 10.0 Å². The summed E-state index contributed by atoms with van der Waals surface area (Å²) in [5, 5.41) is 2.88. The van der Waals surface area contributed by atoms with Crippen molar-refractivity contribution in [2.75, 3.05) is 26.5 Å². The molecule has 122 valence electrons. The average Bonchev–Trinajstić information content (AvgIpc) is 2.52. The number of nitrogens with zero attached hydrogens (tertiary/aromatic N) is 1.